The summed E-state index contributed by atoms with van der Waals surface area (Å²) in [5, 5.41) is 15.6. The Morgan fingerprint density at radius 1 is 1.59 bits per heavy atom. The van der Waals surface area contributed by atoms with Gasteiger partial charge in [0.1, 0.15) is 5.56 Å². The van der Waals surface area contributed by atoms with Crippen molar-refractivity contribution in [2.75, 3.05) is 5.32 Å². The van der Waals surface area contributed by atoms with Gasteiger partial charge in [-0.2, -0.15) is 5.10 Å². The fraction of sp³-hybridized carbons (Fsp3) is 0.333. The van der Waals surface area contributed by atoms with Crippen LogP contribution in [0.3, 0.4) is 0 Å². The normalized spacial score (nSPS) is 13.2. The number of nitrogens with two attached hydrogens (primary N) is 1. The molecule has 0 aromatic carbocycles. The van der Waals surface area contributed by atoms with Gasteiger partial charge in [-0.3, -0.25) is 19.5 Å². The van der Waals surface area contributed by atoms with Crippen LogP contribution in [0.1, 0.15) is 23.2 Å². The third kappa shape index (κ3) is 3.59. The van der Waals surface area contributed by atoms with E-state index in [0.717, 1.165) is 12.8 Å². The van der Waals surface area contributed by atoms with E-state index in [1.54, 1.807) is 0 Å². The summed E-state index contributed by atoms with van der Waals surface area (Å²) in [4.78, 5) is 30.6. The van der Waals surface area contributed by atoms with Crippen LogP contribution < -0.4 is 11.1 Å². The van der Waals surface area contributed by atoms with E-state index in [0.29, 0.717) is 0 Å². The van der Waals surface area contributed by atoms with Crippen LogP contribution in [0.4, 0.5) is 5.82 Å². The average molecular weight is 240 g/mol. The van der Waals surface area contributed by atoms with Crippen molar-refractivity contribution in [1.82, 2.24) is 10.2 Å². The summed E-state index contributed by atoms with van der Waals surface area (Å²) >= 11 is 0. The summed E-state index contributed by atoms with van der Waals surface area (Å²) in [5.74, 6) is -0.411. The molecule has 8 heteroatoms. The van der Waals surface area contributed by atoms with Crippen LogP contribution in [0.5, 0.6) is 0 Å². The molecule has 0 spiro atoms. The first kappa shape index (κ1) is 12.7. The molecule has 17 heavy (non-hydrogen) atoms. The molecule has 2 rings (SSSR count). The number of aromatic nitrogens is 2. The molecule has 92 valence electrons. The van der Waals surface area contributed by atoms with Crippen molar-refractivity contribution in [3.63, 3.8) is 0 Å². The lowest BCUT2D eigenvalue weighted by atomic mass is 10.3. The van der Waals surface area contributed by atoms with Gasteiger partial charge in [-0.15, -0.1) is 0 Å². The number of nitrogens with zero attached hydrogens (tertiary/aromatic N) is 1. The highest BCUT2D eigenvalue weighted by Crippen LogP contribution is 2.30. The van der Waals surface area contributed by atoms with E-state index in [9.17, 15) is 9.59 Å². The van der Waals surface area contributed by atoms with Gasteiger partial charge < -0.3 is 16.2 Å². The molecule has 0 bridgehead atoms. The van der Waals surface area contributed by atoms with Crippen LogP contribution in [0.2, 0.25) is 0 Å². The van der Waals surface area contributed by atoms with Gasteiger partial charge in [0.25, 0.3) is 12.4 Å². The second-order valence-corrected chi connectivity index (χ2v) is 3.38. The van der Waals surface area contributed by atoms with Gasteiger partial charge in [0.05, 0.1) is 0 Å². The Labute approximate surface area is 96.2 Å². The highest BCUT2D eigenvalue weighted by atomic mass is 16.3. The predicted octanol–water partition coefficient (Wildman–Crippen LogP) is -0.442. The van der Waals surface area contributed by atoms with Gasteiger partial charge in [-0.1, -0.05) is 0 Å². The van der Waals surface area contributed by atoms with Gasteiger partial charge in [0.15, 0.2) is 5.82 Å². The summed E-state index contributed by atoms with van der Waals surface area (Å²) in [6.07, 6.45) is 3.18. The zero-order chi connectivity index (χ0) is 12.8. The Bertz CT molecular complexity index is 424. The molecule has 5 N–H and O–H groups in total. The van der Waals surface area contributed by atoms with Crippen molar-refractivity contribution in [3.05, 3.63) is 11.8 Å². The van der Waals surface area contributed by atoms with E-state index in [-0.39, 0.29) is 29.7 Å². The highest BCUT2D eigenvalue weighted by molar-refractivity contribution is 6.02. The van der Waals surface area contributed by atoms with Gasteiger partial charge in [-0.05, 0) is 12.8 Å². The minimum absolute atomic E-state index is 0.0763. The largest absolute Gasteiger partial charge is 0.483 e. The minimum atomic E-state index is -0.607. The number of nitrogens with one attached hydrogen (secondary N) is 2. The Kier molecular flexibility index (Phi) is 4.21. The molecule has 2 amide bonds. The van der Waals surface area contributed by atoms with Crippen LogP contribution in [0, 0.1) is 5.92 Å². The number of aromatic amines is 1. The molecule has 1 aromatic rings. The topological polar surface area (TPSA) is 138 Å². The standard InChI is InChI=1S/C8H10N4O2.CH2O2/c9-6(13)5-3-10-12-7(5)11-8(14)4-1-2-4;2-1-3/h3-4H,1-2H2,(H2,9,13)(H2,10,11,12,14);1H,(H,2,3). The third-order valence-electron chi connectivity index (χ3n) is 2.10. The van der Waals surface area contributed by atoms with Crippen LogP contribution in [0.25, 0.3) is 0 Å². The van der Waals surface area contributed by atoms with Gasteiger partial charge in [0.2, 0.25) is 5.91 Å². The van der Waals surface area contributed by atoms with Crippen molar-refractivity contribution in [2.24, 2.45) is 11.7 Å². The monoisotopic (exact) mass is 240 g/mol. The molecule has 1 aliphatic rings. The summed E-state index contributed by atoms with van der Waals surface area (Å²) < 4.78 is 0. The maximum Gasteiger partial charge on any atom is 0.290 e. The fourth-order valence-electron chi connectivity index (χ4n) is 1.14. The Balaban J connectivity index is 0.000000437. The second kappa shape index (κ2) is 5.64. The van der Waals surface area contributed by atoms with Crippen molar-refractivity contribution in [2.45, 2.75) is 12.8 Å². The molecular weight excluding hydrogens is 228 g/mol. The van der Waals surface area contributed by atoms with Crippen LogP contribution in [0.15, 0.2) is 6.20 Å². The number of anilines is 1. The molecule has 0 unspecified atom stereocenters. The number of hydrogen-bond donors (Lipinski definition) is 4. The first-order chi connectivity index (χ1) is 8.10. The summed E-state index contributed by atoms with van der Waals surface area (Å²) in [6.45, 7) is -0.250. The lowest BCUT2D eigenvalue weighted by Gasteiger charge is -2.00. The van der Waals surface area contributed by atoms with Crippen LogP contribution >= 0.6 is 0 Å². The molecular formula is C9H12N4O4. The van der Waals surface area contributed by atoms with Gasteiger partial charge in [0, 0.05) is 12.1 Å². The SMILES string of the molecule is NC(=O)c1c[nH]nc1NC(=O)C1CC1.O=CO. The van der Waals surface area contributed by atoms with Crippen molar-refractivity contribution >= 4 is 24.1 Å². The van der Waals surface area contributed by atoms with Crippen LogP contribution in [-0.2, 0) is 9.59 Å². The zero-order valence-electron chi connectivity index (χ0n) is 8.84. The second-order valence-electron chi connectivity index (χ2n) is 3.38. The molecule has 0 radical (unpaired) electrons. The first-order valence-electron chi connectivity index (χ1n) is 4.82. The lowest BCUT2D eigenvalue weighted by Crippen LogP contribution is -2.18. The third-order valence-corrected chi connectivity index (χ3v) is 2.10. The van der Waals surface area contributed by atoms with E-state index in [2.05, 4.69) is 15.5 Å². The number of amides is 2. The van der Waals surface area contributed by atoms with Gasteiger partial charge >= 0.3 is 0 Å². The Morgan fingerprint density at radius 2 is 2.18 bits per heavy atom. The Hall–Kier alpha value is -2.38. The quantitative estimate of drug-likeness (QED) is 0.530. The maximum atomic E-state index is 11.3. The highest BCUT2D eigenvalue weighted by Gasteiger charge is 2.30. The molecule has 1 aliphatic carbocycles. The molecule has 1 aromatic heterocycles. The molecule has 0 saturated heterocycles. The maximum absolute atomic E-state index is 11.3. The van der Waals surface area contributed by atoms with Crippen molar-refractivity contribution < 1.29 is 19.5 Å². The number of primary amides is 1. The van der Waals surface area contributed by atoms with E-state index < -0.39 is 5.91 Å². The van der Waals surface area contributed by atoms with E-state index in [4.69, 9.17) is 15.6 Å². The number of carbonyl (C=O) groups excluding carboxylic acids is 2. The molecule has 1 fully saturated rings. The molecule has 1 heterocycles. The zero-order valence-corrected chi connectivity index (χ0v) is 8.84. The number of rotatable bonds is 3. The summed E-state index contributed by atoms with van der Waals surface area (Å²) in [7, 11) is 0. The van der Waals surface area contributed by atoms with Crippen molar-refractivity contribution in [1.29, 1.82) is 0 Å². The van der Waals surface area contributed by atoms with Crippen LogP contribution in [-0.4, -0.2) is 33.6 Å². The number of carbonyl (C=O) groups is 3. The average Bonchev–Trinajstić information content (AvgIpc) is 3.01. The van der Waals surface area contributed by atoms with Gasteiger partial charge in [-0.25, -0.2) is 0 Å². The summed E-state index contributed by atoms with van der Waals surface area (Å²) in [5.41, 5.74) is 5.28. The molecule has 0 aliphatic heterocycles. The predicted molar refractivity (Wildman–Crippen MR) is 57.2 cm³/mol. The van der Waals surface area contributed by atoms with E-state index in [1.807, 2.05) is 0 Å². The number of carboxylic acid groups (broad SMARTS) is 1. The van der Waals surface area contributed by atoms with E-state index in [1.165, 1.54) is 6.20 Å². The first-order valence-corrected chi connectivity index (χ1v) is 4.82. The molecule has 1 saturated carbocycles. The smallest absolute Gasteiger partial charge is 0.290 e. The fourth-order valence-corrected chi connectivity index (χ4v) is 1.14. The summed E-state index contributed by atoms with van der Waals surface area (Å²) in [6, 6.07) is 0. The number of H-pyrrole nitrogens is 1. The molecule has 8 nitrogen and oxygen atoms in total. The van der Waals surface area contributed by atoms with E-state index >= 15 is 0 Å². The lowest BCUT2D eigenvalue weighted by molar-refractivity contribution is -0.123. The minimum Gasteiger partial charge on any atom is -0.483 e. The molecule has 0 atom stereocenters. The Morgan fingerprint density at radius 3 is 2.65 bits per heavy atom. The van der Waals surface area contributed by atoms with Crippen molar-refractivity contribution in [3.8, 4) is 0 Å². The number of hydrogen-bond acceptors (Lipinski definition) is 4.